The Morgan fingerprint density at radius 1 is 0.964 bits per heavy atom. The number of nitrogens with zero attached hydrogens (tertiary/aromatic N) is 2. The topological polar surface area (TPSA) is 57.4 Å². The lowest BCUT2D eigenvalue weighted by Crippen LogP contribution is -2.24. The first-order valence-electron chi connectivity index (χ1n) is 9.33. The lowest BCUT2D eigenvalue weighted by molar-refractivity contribution is 0.130. The molecule has 0 radical (unpaired) electrons. The van der Waals surface area contributed by atoms with E-state index in [2.05, 4.69) is 48.3 Å². The molecule has 1 aliphatic heterocycles. The Balaban J connectivity index is 1.35. The fraction of sp³-hybridized carbons (Fsp3) is 0.217. The van der Waals surface area contributed by atoms with Gasteiger partial charge in [0.05, 0.1) is 0 Å². The van der Waals surface area contributed by atoms with E-state index < -0.39 is 0 Å². The van der Waals surface area contributed by atoms with E-state index in [1.54, 1.807) is 0 Å². The molecule has 140 valence electrons. The Hall–Kier alpha value is -3.34. The Labute approximate surface area is 162 Å². The summed E-state index contributed by atoms with van der Waals surface area (Å²) in [5, 5.41) is 10.6. The van der Waals surface area contributed by atoms with Gasteiger partial charge in [0.15, 0.2) is 18.1 Å². The van der Waals surface area contributed by atoms with Gasteiger partial charge in [-0.25, -0.2) is 0 Å². The number of benzene rings is 3. The second-order valence-electron chi connectivity index (χ2n) is 7.63. The highest BCUT2D eigenvalue weighted by atomic mass is 16.5. The molecule has 5 nitrogen and oxygen atoms in total. The second-order valence-corrected chi connectivity index (χ2v) is 7.63. The van der Waals surface area contributed by atoms with Crippen LogP contribution in [0.4, 0.5) is 0 Å². The van der Waals surface area contributed by atoms with Crippen LogP contribution in [0.5, 0.6) is 11.5 Å². The summed E-state index contributed by atoms with van der Waals surface area (Å²) in [7, 11) is 0. The number of aromatic nitrogens is 2. The fourth-order valence-corrected chi connectivity index (χ4v) is 3.59. The van der Waals surface area contributed by atoms with E-state index in [9.17, 15) is 0 Å². The molecule has 0 unspecified atom stereocenters. The smallest absolute Gasteiger partial charge is 0.254 e. The first-order chi connectivity index (χ1) is 13.6. The molecule has 5 heteroatoms. The van der Waals surface area contributed by atoms with Crippen molar-refractivity contribution in [3.63, 3.8) is 0 Å². The Morgan fingerprint density at radius 2 is 1.82 bits per heavy atom. The van der Waals surface area contributed by atoms with E-state index in [0.717, 1.165) is 28.7 Å². The lowest BCUT2D eigenvalue weighted by Gasteiger charge is -2.18. The molecule has 2 heterocycles. The van der Waals surface area contributed by atoms with Crippen LogP contribution < -0.4 is 9.47 Å². The zero-order valence-corrected chi connectivity index (χ0v) is 15.8. The van der Waals surface area contributed by atoms with Gasteiger partial charge in [-0.3, -0.25) is 0 Å². The largest absolute Gasteiger partial charge is 0.483 e. The molecule has 0 bridgehead atoms. The highest BCUT2D eigenvalue weighted by molar-refractivity contribution is 5.86. The first kappa shape index (κ1) is 16.8. The maximum absolute atomic E-state index is 6.04. The summed E-state index contributed by atoms with van der Waals surface area (Å²) in [6.45, 7) is 4.34. The van der Waals surface area contributed by atoms with E-state index in [-0.39, 0.29) is 12.2 Å². The number of rotatable bonds is 4. The monoisotopic (exact) mass is 372 g/mol. The normalized spacial score (nSPS) is 14.6. The summed E-state index contributed by atoms with van der Waals surface area (Å²) in [4.78, 5) is 0. The van der Waals surface area contributed by atoms with Crippen LogP contribution in [0.25, 0.3) is 22.2 Å². The molecule has 0 aliphatic carbocycles. The van der Waals surface area contributed by atoms with Crippen LogP contribution in [0.1, 0.15) is 25.3 Å². The van der Waals surface area contributed by atoms with E-state index in [1.807, 2.05) is 36.4 Å². The highest BCUT2D eigenvalue weighted by Crippen LogP contribution is 2.42. The molecule has 3 aromatic carbocycles. The van der Waals surface area contributed by atoms with Gasteiger partial charge in [0.25, 0.3) is 5.89 Å². The van der Waals surface area contributed by atoms with Gasteiger partial charge in [0.1, 0.15) is 5.60 Å². The molecule has 0 amide bonds. The molecule has 5 rings (SSSR count). The van der Waals surface area contributed by atoms with Crippen molar-refractivity contribution in [3.8, 4) is 23.0 Å². The number of para-hydroxylation sites is 1. The van der Waals surface area contributed by atoms with E-state index in [4.69, 9.17) is 13.9 Å². The molecule has 1 aromatic heterocycles. The van der Waals surface area contributed by atoms with Crippen LogP contribution in [0.3, 0.4) is 0 Å². The predicted molar refractivity (Wildman–Crippen MR) is 106 cm³/mol. The van der Waals surface area contributed by atoms with Crippen molar-refractivity contribution >= 4 is 10.8 Å². The van der Waals surface area contributed by atoms with Gasteiger partial charge in [-0.05, 0) is 42.8 Å². The zero-order chi connectivity index (χ0) is 19.1. The van der Waals surface area contributed by atoms with Gasteiger partial charge < -0.3 is 13.9 Å². The average Bonchev–Trinajstić information content (AvgIpc) is 3.29. The number of ether oxygens (including phenoxy) is 2. The standard InChI is InChI=1S/C23H20N2O3/c1-23(2)13-18-8-5-9-19(21(18)28-23)26-14-20-24-25-22(27-20)17-11-10-15-6-3-4-7-16(15)12-17/h3-12H,13-14H2,1-2H3. The first-order valence-corrected chi connectivity index (χ1v) is 9.33. The third-order valence-electron chi connectivity index (χ3n) is 4.87. The SMILES string of the molecule is CC1(C)Cc2cccc(OCc3nnc(-c4ccc5ccccc5c4)o3)c2O1. The zero-order valence-electron chi connectivity index (χ0n) is 15.8. The fourth-order valence-electron chi connectivity index (χ4n) is 3.59. The molecular weight excluding hydrogens is 352 g/mol. The highest BCUT2D eigenvalue weighted by Gasteiger charge is 2.32. The third-order valence-corrected chi connectivity index (χ3v) is 4.87. The molecule has 0 spiro atoms. The molecule has 1 aliphatic rings. The van der Waals surface area contributed by atoms with E-state index in [1.165, 1.54) is 5.39 Å². The summed E-state index contributed by atoms with van der Waals surface area (Å²) >= 11 is 0. The van der Waals surface area contributed by atoms with Gasteiger partial charge in [0.2, 0.25) is 5.89 Å². The van der Waals surface area contributed by atoms with Crippen molar-refractivity contribution in [2.45, 2.75) is 32.5 Å². The maximum atomic E-state index is 6.04. The Bertz CT molecular complexity index is 1160. The summed E-state index contributed by atoms with van der Waals surface area (Å²) < 4.78 is 17.8. The molecule has 4 aromatic rings. The molecule has 0 fully saturated rings. The lowest BCUT2D eigenvalue weighted by atomic mass is 10.0. The summed E-state index contributed by atoms with van der Waals surface area (Å²) in [6, 6.07) is 20.2. The van der Waals surface area contributed by atoms with Crippen molar-refractivity contribution in [1.82, 2.24) is 10.2 Å². The molecule has 0 saturated heterocycles. The van der Waals surface area contributed by atoms with Crippen molar-refractivity contribution in [2.24, 2.45) is 0 Å². The molecule has 28 heavy (non-hydrogen) atoms. The second kappa shape index (κ2) is 6.37. The Kier molecular flexibility index (Phi) is 3.83. The van der Waals surface area contributed by atoms with Gasteiger partial charge in [-0.15, -0.1) is 10.2 Å². The quantitative estimate of drug-likeness (QED) is 0.494. The Morgan fingerprint density at radius 3 is 2.71 bits per heavy atom. The molecule has 0 saturated carbocycles. The molecule has 0 N–H and O–H groups in total. The molecule has 0 atom stereocenters. The van der Waals surface area contributed by atoms with Gasteiger partial charge >= 0.3 is 0 Å². The summed E-state index contributed by atoms with van der Waals surface area (Å²) in [6.07, 6.45) is 0.867. The third kappa shape index (κ3) is 3.09. The number of hydrogen-bond donors (Lipinski definition) is 0. The average molecular weight is 372 g/mol. The minimum atomic E-state index is -0.213. The van der Waals surface area contributed by atoms with Crippen molar-refractivity contribution in [2.75, 3.05) is 0 Å². The summed E-state index contributed by atoms with van der Waals surface area (Å²) in [5.41, 5.74) is 1.84. The van der Waals surface area contributed by atoms with Crippen LogP contribution in [0.15, 0.2) is 65.1 Å². The predicted octanol–water partition coefficient (Wildman–Crippen LogP) is 5.18. The maximum Gasteiger partial charge on any atom is 0.254 e. The van der Waals surface area contributed by atoms with Crippen LogP contribution >= 0.6 is 0 Å². The van der Waals surface area contributed by atoms with Crippen LogP contribution in [0.2, 0.25) is 0 Å². The van der Waals surface area contributed by atoms with Crippen LogP contribution in [0, 0.1) is 0 Å². The minimum absolute atomic E-state index is 0.195. The summed E-state index contributed by atoms with van der Waals surface area (Å²) in [5.74, 6) is 2.42. The van der Waals surface area contributed by atoms with Gasteiger partial charge in [0, 0.05) is 17.5 Å². The van der Waals surface area contributed by atoms with Crippen molar-refractivity contribution in [1.29, 1.82) is 0 Å². The minimum Gasteiger partial charge on any atom is -0.483 e. The van der Waals surface area contributed by atoms with Gasteiger partial charge in [-0.2, -0.15) is 0 Å². The van der Waals surface area contributed by atoms with E-state index in [0.29, 0.717) is 17.5 Å². The van der Waals surface area contributed by atoms with Crippen molar-refractivity contribution in [3.05, 3.63) is 72.1 Å². The van der Waals surface area contributed by atoms with Gasteiger partial charge in [-0.1, -0.05) is 42.5 Å². The van der Waals surface area contributed by atoms with Crippen LogP contribution in [-0.4, -0.2) is 15.8 Å². The number of fused-ring (bicyclic) bond motifs is 2. The number of hydrogen-bond acceptors (Lipinski definition) is 5. The van der Waals surface area contributed by atoms with E-state index >= 15 is 0 Å². The van der Waals surface area contributed by atoms with Crippen LogP contribution in [-0.2, 0) is 13.0 Å². The molecular formula is C23H20N2O3. The van der Waals surface area contributed by atoms with Crippen molar-refractivity contribution < 1.29 is 13.9 Å².